The van der Waals surface area contributed by atoms with Crippen LogP contribution in [0.25, 0.3) is 0 Å². The molecule has 0 saturated carbocycles. The van der Waals surface area contributed by atoms with Crippen LogP contribution in [0, 0.1) is 5.82 Å². The first-order valence-electron chi connectivity index (χ1n) is 8.91. The molecule has 0 N–H and O–H groups in total. The van der Waals surface area contributed by atoms with Gasteiger partial charge in [-0.2, -0.15) is 4.31 Å². The fraction of sp³-hybridized carbons (Fsp3) is 0.190. The van der Waals surface area contributed by atoms with Gasteiger partial charge < -0.3 is 9.47 Å². The van der Waals surface area contributed by atoms with Crippen molar-refractivity contribution in [2.45, 2.75) is 18.0 Å². The Morgan fingerprint density at radius 2 is 1.77 bits per heavy atom. The van der Waals surface area contributed by atoms with E-state index < -0.39 is 15.8 Å². The van der Waals surface area contributed by atoms with Gasteiger partial charge in [0.05, 0.1) is 31.4 Å². The van der Waals surface area contributed by atoms with Gasteiger partial charge in [-0.25, -0.2) is 12.8 Å². The van der Waals surface area contributed by atoms with Crippen LogP contribution in [0.1, 0.15) is 11.3 Å². The zero-order valence-corrected chi connectivity index (χ0v) is 18.8. The molecule has 9 heteroatoms. The van der Waals surface area contributed by atoms with Gasteiger partial charge in [0.15, 0.2) is 11.5 Å². The predicted octanol–water partition coefficient (Wildman–Crippen LogP) is 4.39. The molecule has 0 aliphatic heterocycles. The summed E-state index contributed by atoms with van der Waals surface area (Å²) in [6, 6.07) is 14.1. The Hall–Kier alpha value is -2.49. The number of sulfonamides is 1. The van der Waals surface area contributed by atoms with Crippen molar-refractivity contribution < 1.29 is 22.3 Å². The van der Waals surface area contributed by atoms with Gasteiger partial charge in [-0.1, -0.05) is 28.1 Å². The highest BCUT2D eigenvalue weighted by atomic mass is 79.9. The SMILES string of the molecule is COc1ccc(S(=O)(=O)N(Cc2ccccn2)Cc2ccc(Br)cc2F)cc1OC. The number of aromatic nitrogens is 1. The Kier molecular flexibility index (Phi) is 7.06. The molecule has 0 aliphatic rings. The minimum Gasteiger partial charge on any atom is -0.493 e. The molecule has 3 aromatic rings. The summed E-state index contributed by atoms with van der Waals surface area (Å²) < 4.78 is 53.5. The number of methoxy groups -OCH3 is 2. The molecule has 0 amide bonds. The van der Waals surface area contributed by atoms with Gasteiger partial charge in [0.25, 0.3) is 0 Å². The lowest BCUT2D eigenvalue weighted by molar-refractivity contribution is 0.353. The molecular weight excluding hydrogens is 475 g/mol. The summed E-state index contributed by atoms with van der Waals surface area (Å²) >= 11 is 3.21. The third-order valence-electron chi connectivity index (χ3n) is 4.42. The van der Waals surface area contributed by atoms with Crippen molar-refractivity contribution in [3.63, 3.8) is 0 Å². The number of hydrogen-bond acceptors (Lipinski definition) is 5. The highest BCUT2D eigenvalue weighted by molar-refractivity contribution is 9.10. The highest BCUT2D eigenvalue weighted by Crippen LogP contribution is 2.31. The van der Waals surface area contributed by atoms with E-state index in [2.05, 4.69) is 20.9 Å². The number of nitrogens with zero attached hydrogens (tertiary/aromatic N) is 2. The maximum Gasteiger partial charge on any atom is 0.243 e. The summed E-state index contributed by atoms with van der Waals surface area (Å²) in [5.74, 6) is 0.191. The van der Waals surface area contributed by atoms with Crippen LogP contribution in [0.5, 0.6) is 11.5 Å². The summed E-state index contributed by atoms with van der Waals surface area (Å²) in [5.41, 5.74) is 0.789. The molecule has 0 aliphatic carbocycles. The second-order valence-electron chi connectivity index (χ2n) is 6.35. The van der Waals surface area contributed by atoms with Crippen molar-refractivity contribution in [2.75, 3.05) is 14.2 Å². The summed E-state index contributed by atoms with van der Waals surface area (Å²) in [7, 11) is -1.11. The topological polar surface area (TPSA) is 68.7 Å². The van der Waals surface area contributed by atoms with Gasteiger partial charge in [0.1, 0.15) is 5.82 Å². The van der Waals surface area contributed by atoms with Gasteiger partial charge in [-0.3, -0.25) is 4.98 Å². The molecule has 1 aromatic heterocycles. The van der Waals surface area contributed by atoms with Crippen molar-refractivity contribution in [3.05, 3.63) is 82.3 Å². The Morgan fingerprint density at radius 3 is 2.40 bits per heavy atom. The van der Waals surface area contributed by atoms with Crippen LogP contribution in [-0.2, 0) is 23.1 Å². The van der Waals surface area contributed by atoms with E-state index in [1.54, 1.807) is 36.5 Å². The third kappa shape index (κ3) is 4.97. The molecule has 158 valence electrons. The van der Waals surface area contributed by atoms with E-state index in [1.165, 1.54) is 42.8 Å². The maximum absolute atomic E-state index is 14.5. The number of rotatable bonds is 8. The Bertz CT molecular complexity index is 1130. The number of ether oxygens (including phenoxy) is 2. The smallest absolute Gasteiger partial charge is 0.243 e. The summed E-state index contributed by atoms with van der Waals surface area (Å²) in [5, 5.41) is 0. The highest BCUT2D eigenvalue weighted by Gasteiger charge is 2.27. The average molecular weight is 495 g/mol. The molecule has 0 radical (unpaired) electrons. The molecule has 0 unspecified atom stereocenters. The van der Waals surface area contributed by atoms with Crippen LogP contribution in [-0.4, -0.2) is 31.9 Å². The van der Waals surface area contributed by atoms with Crippen LogP contribution in [0.3, 0.4) is 0 Å². The minimum absolute atomic E-state index is 0.00796. The molecular formula is C21H20BrFN2O4S. The van der Waals surface area contributed by atoms with Crippen LogP contribution < -0.4 is 9.47 Å². The summed E-state index contributed by atoms with van der Waals surface area (Å²) in [4.78, 5) is 4.22. The predicted molar refractivity (Wildman–Crippen MR) is 114 cm³/mol. The van der Waals surface area contributed by atoms with Crippen LogP contribution in [0.2, 0.25) is 0 Å². The molecule has 1 heterocycles. The summed E-state index contributed by atoms with van der Waals surface area (Å²) in [6.45, 7) is -0.181. The number of hydrogen-bond donors (Lipinski definition) is 0. The standard InChI is InChI=1S/C21H20BrFN2O4S/c1-28-20-9-8-18(12-21(20)29-2)30(26,27)25(14-17-5-3-4-10-24-17)13-15-6-7-16(22)11-19(15)23/h3-12H,13-14H2,1-2H3. The first kappa shape index (κ1) is 22.2. The van der Waals surface area contributed by atoms with E-state index in [4.69, 9.17) is 9.47 Å². The zero-order chi connectivity index (χ0) is 21.7. The average Bonchev–Trinajstić information content (AvgIpc) is 2.75. The van der Waals surface area contributed by atoms with Crippen LogP contribution in [0.4, 0.5) is 4.39 Å². The first-order chi connectivity index (χ1) is 14.3. The molecule has 6 nitrogen and oxygen atoms in total. The van der Waals surface area contributed by atoms with Crippen LogP contribution >= 0.6 is 15.9 Å². The fourth-order valence-corrected chi connectivity index (χ4v) is 4.60. The minimum atomic E-state index is -4.00. The number of pyridine rings is 1. The largest absolute Gasteiger partial charge is 0.493 e. The van der Waals surface area contributed by atoms with E-state index in [9.17, 15) is 12.8 Å². The lowest BCUT2D eigenvalue weighted by Gasteiger charge is -2.23. The molecule has 30 heavy (non-hydrogen) atoms. The second-order valence-corrected chi connectivity index (χ2v) is 9.20. The van der Waals surface area contributed by atoms with Gasteiger partial charge in [0.2, 0.25) is 10.0 Å². The normalized spacial score (nSPS) is 11.5. The van der Waals surface area contributed by atoms with Crippen molar-refractivity contribution in [2.24, 2.45) is 0 Å². The maximum atomic E-state index is 14.5. The van der Waals surface area contributed by atoms with Gasteiger partial charge >= 0.3 is 0 Å². The molecule has 2 aromatic carbocycles. The molecule has 0 fully saturated rings. The second kappa shape index (κ2) is 9.55. The quantitative estimate of drug-likeness (QED) is 0.464. The summed E-state index contributed by atoms with van der Waals surface area (Å²) in [6.07, 6.45) is 1.58. The third-order valence-corrected chi connectivity index (χ3v) is 6.70. The van der Waals surface area contributed by atoms with Gasteiger partial charge in [-0.05, 0) is 36.4 Å². The molecule has 0 spiro atoms. The van der Waals surface area contributed by atoms with E-state index in [-0.39, 0.29) is 29.3 Å². The van der Waals surface area contributed by atoms with Crippen molar-refractivity contribution in [1.29, 1.82) is 0 Å². The van der Waals surface area contributed by atoms with E-state index in [1.807, 2.05) is 0 Å². The Balaban J connectivity index is 2.03. The van der Waals surface area contributed by atoms with E-state index in [0.29, 0.717) is 15.9 Å². The van der Waals surface area contributed by atoms with Crippen molar-refractivity contribution in [3.8, 4) is 11.5 Å². The lowest BCUT2D eigenvalue weighted by atomic mass is 10.2. The molecule has 3 rings (SSSR count). The molecule has 0 saturated heterocycles. The van der Waals surface area contributed by atoms with E-state index >= 15 is 0 Å². The molecule has 0 bridgehead atoms. The number of benzene rings is 2. The van der Waals surface area contributed by atoms with Crippen molar-refractivity contribution >= 4 is 26.0 Å². The molecule has 0 atom stereocenters. The fourth-order valence-electron chi connectivity index (χ4n) is 2.86. The zero-order valence-electron chi connectivity index (χ0n) is 16.4. The lowest BCUT2D eigenvalue weighted by Crippen LogP contribution is -2.31. The Labute approximate surface area is 183 Å². The first-order valence-corrected chi connectivity index (χ1v) is 11.1. The van der Waals surface area contributed by atoms with Crippen LogP contribution in [0.15, 0.2) is 70.2 Å². The number of halogens is 2. The Morgan fingerprint density at radius 1 is 1.00 bits per heavy atom. The van der Waals surface area contributed by atoms with Gasteiger partial charge in [0, 0.05) is 28.8 Å². The van der Waals surface area contributed by atoms with Crippen molar-refractivity contribution in [1.82, 2.24) is 9.29 Å². The monoisotopic (exact) mass is 494 g/mol. The van der Waals surface area contributed by atoms with Gasteiger partial charge in [-0.15, -0.1) is 0 Å². The van der Waals surface area contributed by atoms with E-state index in [0.717, 1.165) is 0 Å².